The van der Waals surface area contributed by atoms with Gasteiger partial charge in [0.25, 0.3) is 0 Å². The van der Waals surface area contributed by atoms with Crippen LogP contribution in [0.25, 0.3) is 61.6 Å². The van der Waals surface area contributed by atoms with Crippen molar-refractivity contribution in [3.8, 4) is 44.8 Å². The van der Waals surface area contributed by atoms with Crippen molar-refractivity contribution in [2.45, 2.75) is 11.8 Å². The quantitative estimate of drug-likeness (QED) is 0.214. The van der Waals surface area contributed by atoms with E-state index in [1.807, 2.05) is 0 Å². The molecule has 2 heteroatoms. The smallest absolute Gasteiger partial charge is 0.129 e. The highest BCUT2D eigenvalue weighted by Gasteiger charge is 2.50. The summed E-state index contributed by atoms with van der Waals surface area (Å²) in [6.45, 7) is 0.652. The standard InChI is InChI=1S/C41H27NO/c1-2-8-27(9-3-1)31-10-4-5-11-32(31)28-17-15-26(16-18-28)29-19-20-35-34(24-29)33-12-7-22-41-23-21-30-25-43-37-14-6-13-36(38(37)39(30)41)42(35)40(33)41/h1-21,23-24H,22,25H2. The molecule has 202 valence electrons. The van der Waals surface area contributed by atoms with E-state index < -0.39 is 0 Å². The zero-order valence-electron chi connectivity index (χ0n) is 23.5. The van der Waals surface area contributed by atoms with Crippen molar-refractivity contribution in [1.82, 2.24) is 4.57 Å². The lowest BCUT2D eigenvalue weighted by Gasteiger charge is -2.42. The lowest BCUT2D eigenvalue weighted by molar-refractivity contribution is 0.347. The first-order valence-corrected chi connectivity index (χ1v) is 15.1. The molecule has 0 saturated heterocycles. The Labute approximate surface area is 250 Å². The minimum atomic E-state index is -0.126. The normalized spacial score (nSPS) is 18.5. The summed E-state index contributed by atoms with van der Waals surface area (Å²) in [5, 5.41) is 1.31. The fourth-order valence-corrected chi connectivity index (χ4v) is 8.06. The van der Waals surface area contributed by atoms with Gasteiger partial charge in [-0.05, 0) is 75.2 Å². The Morgan fingerprint density at radius 3 is 2.23 bits per heavy atom. The third-order valence-electron chi connectivity index (χ3n) is 9.91. The Balaban J connectivity index is 1.13. The molecule has 10 rings (SSSR count). The molecule has 1 unspecified atom stereocenters. The predicted octanol–water partition coefficient (Wildman–Crippen LogP) is 10.0. The molecule has 3 heterocycles. The molecular weight excluding hydrogens is 522 g/mol. The van der Waals surface area contributed by atoms with Crippen LogP contribution in [0.4, 0.5) is 0 Å². The van der Waals surface area contributed by atoms with E-state index in [0.717, 1.165) is 12.2 Å². The van der Waals surface area contributed by atoms with Gasteiger partial charge in [0.1, 0.15) is 12.4 Å². The van der Waals surface area contributed by atoms with Crippen LogP contribution in [-0.2, 0) is 5.41 Å². The topological polar surface area (TPSA) is 14.2 Å². The number of aromatic nitrogens is 1. The van der Waals surface area contributed by atoms with Gasteiger partial charge in [-0.25, -0.2) is 0 Å². The molecule has 4 aliphatic rings. The molecule has 0 fully saturated rings. The van der Waals surface area contributed by atoms with Crippen LogP contribution in [-0.4, -0.2) is 11.2 Å². The second-order valence-corrected chi connectivity index (χ2v) is 12.1. The fourth-order valence-electron chi connectivity index (χ4n) is 8.06. The van der Waals surface area contributed by atoms with Gasteiger partial charge in [0.2, 0.25) is 0 Å². The predicted molar refractivity (Wildman–Crippen MR) is 176 cm³/mol. The van der Waals surface area contributed by atoms with Crippen LogP contribution < -0.4 is 4.74 Å². The number of hydrogen-bond donors (Lipinski definition) is 0. The van der Waals surface area contributed by atoms with E-state index in [9.17, 15) is 0 Å². The average molecular weight is 550 g/mol. The molecule has 2 aliphatic carbocycles. The van der Waals surface area contributed by atoms with Crippen LogP contribution in [0, 0.1) is 0 Å². The molecule has 0 saturated carbocycles. The molecule has 0 radical (unpaired) electrons. The molecule has 5 aromatic carbocycles. The molecule has 6 aromatic rings. The Kier molecular flexibility index (Phi) is 4.52. The molecule has 2 nitrogen and oxygen atoms in total. The van der Waals surface area contributed by atoms with Crippen molar-refractivity contribution in [3.63, 3.8) is 0 Å². The van der Waals surface area contributed by atoms with E-state index in [1.165, 1.54) is 77.9 Å². The van der Waals surface area contributed by atoms with Crippen molar-refractivity contribution >= 4 is 22.6 Å². The monoisotopic (exact) mass is 549 g/mol. The number of nitrogens with zero attached hydrogens (tertiary/aromatic N) is 1. The van der Waals surface area contributed by atoms with E-state index in [-0.39, 0.29) is 5.41 Å². The molecule has 0 N–H and O–H groups in total. The minimum absolute atomic E-state index is 0.126. The lowest BCUT2D eigenvalue weighted by atomic mass is 9.67. The van der Waals surface area contributed by atoms with Gasteiger partial charge in [-0.3, -0.25) is 0 Å². The third kappa shape index (κ3) is 3.02. The lowest BCUT2D eigenvalue weighted by Crippen LogP contribution is -2.34. The van der Waals surface area contributed by atoms with Crippen molar-refractivity contribution in [2.75, 3.05) is 6.61 Å². The number of benzene rings is 5. The van der Waals surface area contributed by atoms with Crippen molar-refractivity contribution < 1.29 is 4.74 Å². The molecule has 2 aliphatic heterocycles. The first kappa shape index (κ1) is 23.2. The maximum absolute atomic E-state index is 6.25. The van der Waals surface area contributed by atoms with E-state index in [1.54, 1.807) is 0 Å². The Bertz CT molecular complexity index is 2240. The van der Waals surface area contributed by atoms with E-state index in [4.69, 9.17) is 4.74 Å². The molecular formula is C41H27NO. The third-order valence-corrected chi connectivity index (χ3v) is 9.91. The first-order valence-electron chi connectivity index (χ1n) is 15.1. The molecule has 43 heavy (non-hydrogen) atoms. The summed E-state index contributed by atoms with van der Waals surface area (Å²) in [7, 11) is 0. The second-order valence-electron chi connectivity index (χ2n) is 12.1. The maximum Gasteiger partial charge on any atom is 0.129 e. The first-order chi connectivity index (χ1) is 21.3. The van der Waals surface area contributed by atoms with Crippen molar-refractivity contribution in [2.24, 2.45) is 0 Å². The van der Waals surface area contributed by atoms with Gasteiger partial charge in [-0.2, -0.15) is 0 Å². The number of fused-ring (bicyclic) bond motifs is 4. The zero-order chi connectivity index (χ0) is 28.1. The summed E-state index contributed by atoms with van der Waals surface area (Å²) in [4.78, 5) is 0. The van der Waals surface area contributed by atoms with E-state index >= 15 is 0 Å². The fraction of sp³-hybridized carbons (Fsp3) is 0.0732. The van der Waals surface area contributed by atoms with Crippen LogP contribution in [0.5, 0.6) is 5.75 Å². The number of ether oxygens (including phenoxy) is 1. The Morgan fingerprint density at radius 1 is 0.651 bits per heavy atom. The number of allylic oxidation sites excluding steroid dienone is 3. The maximum atomic E-state index is 6.25. The second kappa shape index (κ2) is 8.36. The summed E-state index contributed by atoms with van der Waals surface area (Å²) in [5.41, 5.74) is 16.6. The zero-order valence-corrected chi connectivity index (χ0v) is 23.5. The minimum Gasteiger partial charge on any atom is -0.488 e. The van der Waals surface area contributed by atoms with Crippen LogP contribution in [0.1, 0.15) is 23.2 Å². The van der Waals surface area contributed by atoms with Gasteiger partial charge >= 0.3 is 0 Å². The molecule has 0 bridgehead atoms. The van der Waals surface area contributed by atoms with Crippen LogP contribution in [0.2, 0.25) is 0 Å². The van der Waals surface area contributed by atoms with Crippen LogP contribution >= 0.6 is 0 Å². The average Bonchev–Trinajstić information content (AvgIpc) is 3.62. The SMILES string of the molecule is C1=Cc2c3n(c4ccc(-c5ccc(-c6ccccc6-c6ccccc6)cc5)cc24)-c2cccc4c2C2=C(C=CC23C1)CO4. The van der Waals surface area contributed by atoms with Gasteiger partial charge in [0.05, 0.1) is 16.6 Å². The summed E-state index contributed by atoms with van der Waals surface area (Å²) in [5.74, 6) is 1.01. The van der Waals surface area contributed by atoms with Gasteiger partial charge < -0.3 is 9.30 Å². The highest BCUT2D eigenvalue weighted by atomic mass is 16.5. The van der Waals surface area contributed by atoms with Crippen molar-refractivity contribution in [1.29, 1.82) is 0 Å². The molecule has 1 aromatic heterocycles. The Hall–Kier alpha value is -5.34. The van der Waals surface area contributed by atoms with Crippen LogP contribution in [0.15, 0.2) is 139 Å². The number of rotatable bonds is 3. The summed E-state index contributed by atoms with van der Waals surface area (Å²) in [6.07, 6.45) is 10.5. The van der Waals surface area contributed by atoms with E-state index in [2.05, 4.69) is 144 Å². The van der Waals surface area contributed by atoms with Gasteiger partial charge in [-0.15, -0.1) is 0 Å². The Morgan fingerprint density at radius 2 is 1.40 bits per heavy atom. The molecule has 1 atom stereocenters. The van der Waals surface area contributed by atoms with Gasteiger partial charge in [-0.1, -0.05) is 115 Å². The largest absolute Gasteiger partial charge is 0.488 e. The van der Waals surface area contributed by atoms with Crippen LogP contribution in [0.3, 0.4) is 0 Å². The molecule has 1 spiro atoms. The van der Waals surface area contributed by atoms with Gasteiger partial charge in [0, 0.05) is 22.2 Å². The number of hydrogen-bond acceptors (Lipinski definition) is 1. The van der Waals surface area contributed by atoms with E-state index in [0.29, 0.717) is 6.61 Å². The van der Waals surface area contributed by atoms with Gasteiger partial charge in [0.15, 0.2) is 0 Å². The summed E-state index contributed by atoms with van der Waals surface area (Å²) in [6, 6.07) is 41.9. The highest BCUT2D eigenvalue weighted by Crippen LogP contribution is 2.61. The molecule has 0 amide bonds. The van der Waals surface area contributed by atoms with Crippen molar-refractivity contribution in [3.05, 3.63) is 156 Å². The highest BCUT2D eigenvalue weighted by molar-refractivity contribution is 6.04. The summed E-state index contributed by atoms with van der Waals surface area (Å²) < 4.78 is 8.77. The summed E-state index contributed by atoms with van der Waals surface area (Å²) >= 11 is 0.